The lowest BCUT2D eigenvalue weighted by Crippen LogP contribution is -2.52. The monoisotopic (exact) mass is 331 g/mol. The summed E-state index contributed by atoms with van der Waals surface area (Å²) in [4.78, 5) is 13.9. The van der Waals surface area contributed by atoms with Crippen molar-refractivity contribution in [1.29, 1.82) is 0 Å². The number of carbonyl (C=O) groups excluding carboxylic acids is 1. The summed E-state index contributed by atoms with van der Waals surface area (Å²) in [7, 11) is 0. The Morgan fingerprint density at radius 3 is 3.05 bits per heavy atom. The first-order chi connectivity index (χ1) is 9.02. The van der Waals surface area contributed by atoms with Gasteiger partial charge in [-0.15, -0.1) is 0 Å². The molecule has 0 spiro atoms. The molecule has 1 aromatic carbocycles. The van der Waals surface area contributed by atoms with Crippen molar-refractivity contribution in [3.8, 4) is 0 Å². The molecule has 1 amide bonds. The minimum Gasteiger partial charge on any atom is -0.394 e. The second kappa shape index (κ2) is 5.98. The van der Waals surface area contributed by atoms with E-state index in [2.05, 4.69) is 15.9 Å². The van der Waals surface area contributed by atoms with Crippen LogP contribution in [0.4, 0.5) is 4.39 Å². The molecule has 1 saturated heterocycles. The molecular formula is C13H15BrFNO3. The standard InChI is InChI=1S/C13H15BrFNO3/c1-8-7-19-10(6-17)5-16(8)13(18)11-4-9(14)2-3-12(11)15/h2-4,8,10,17H,5-7H2,1H3. The van der Waals surface area contributed by atoms with Crippen molar-refractivity contribution < 1.29 is 19.0 Å². The highest BCUT2D eigenvalue weighted by atomic mass is 79.9. The van der Waals surface area contributed by atoms with E-state index in [1.807, 2.05) is 6.92 Å². The molecule has 2 atom stereocenters. The molecule has 1 fully saturated rings. The van der Waals surface area contributed by atoms with Gasteiger partial charge in [0.15, 0.2) is 0 Å². The Hall–Kier alpha value is -0.980. The minimum absolute atomic E-state index is 0.0276. The number of hydrogen-bond acceptors (Lipinski definition) is 3. The number of hydrogen-bond donors (Lipinski definition) is 1. The molecule has 0 saturated carbocycles. The highest BCUT2D eigenvalue weighted by Gasteiger charge is 2.31. The molecule has 0 aliphatic carbocycles. The van der Waals surface area contributed by atoms with E-state index in [1.54, 1.807) is 6.07 Å². The molecule has 0 aromatic heterocycles. The van der Waals surface area contributed by atoms with Gasteiger partial charge in [0.2, 0.25) is 0 Å². The minimum atomic E-state index is -0.549. The summed E-state index contributed by atoms with van der Waals surface area (Å²) in [6.45, 7) is 2.29. The average Bonchev–Trinajstić information content (AvgIpc) is 2.41. The van der Waals surface area contributed by atoms with Crippen molar-refractivity contribution in [2.75, 3.05) is 19.8 Å². The Morgan fingerprint density at radius 1 is 1.63 bits per heavy atom. The fraction of sp³-hybridized carbons (Fsp3) is 0.462. The molecule has 2 unspecified atom stereocenters. The predicted molar refractivity (Wildman–Crippen MR) is 71.4 cm³/mol. The van der Waals surface area contributed by atoms with E-state index in [9.17, 15) is 9.18 Å². The molecule has 6 heteroatoms. The van der Waals surface area contributed by atoms with Crippen LogP contribution in [0.1, 0.15) is 17.3 Å². The van der Waals surface area contributed by atoms with Crippen LogP contribution < -0.4 is 0 Å². The van der Waals surface area contributed by atoms with E-state index in [4.69, 9.17) is 9.84 Å². The summed E-state index contributed by atoms with van der Waals surface area (Å²) in [6.07, 6.45) is -0.407. The average molecular weight is 332 g/mol. The summed E-state index contributed by atoms with van der Waals surface area (Å²) in [6, 6.07) is 4.12. The molecule has 1 aliphatic rings. The molecule has 19 heavy (non-hydrogen) atoms. The van der Waals surface area contributed by atoms with Gasteiger partial charge in [-0.1, -0.05) is 15.9 Å². The van der Waals surface area contributed by atoms with Crippen molar-refractivity contribution in [1.82, 2.24) is 4.90 Å². The van der Waals surface area contributed by atoms with Crippen molar-refractivity contribution in [2.45, 2.75) is 19.1 Å². The lowest BCUT2D eigenvalue weighted by atomic mass is 10.1. The summed E-state index contributed by atoms with van der Waals surface area (Å²) in [5.41, 5.74) is 0.0276. The fourth-order valence-electron chi connectivity index (χ4n) is 2.03. The summed E-state index contributed by atoms with van der Waals surface area (Å²) in [5, 5.41) is 9.10. The van der Waals surface area contributed by atoms with Crippen molar-refractivity contribution in [2.24, 2.45) is 0 Å². The maximum Gasteiger partial charge on any atom is 0.257 e. The number of carbonyl (C=O) groups is 1. The molecule has 104 valence electrons. The largest absolute Gasteiger partial charge is 0.394 e. The van der Waals surface area contributed by atoms with Crippen LogP contribution >= 0.6 is 15.9 Å². The van der Waals surface area contributed by atoms with Gasteiger partial charge in [-0.25, -0.2) is 4.39 Å². The lowest BCUT2D eigenvalue weighted by molar-refractivity contribution is -0.0668. The second-order valence-electron chi connectivity index (χ2n) is 4.57. The Bertz CT molecular complexity index is 483. The van der Waals surface area contributed by atoms with Gasteiger partial charge in [0.05, 0.1) is 30.9 Å². The number of morpholine rings is 1. The summed E-state index contributed by atoms with van der Waals surface area (Å²) in [5.74, 6) is -0.930. The third-order valence-corrected chi connectivity index (χ3v) is 3.62. The number of aliphatic hydroxyl groups is 1. The maximum atomic E-state index is 13.7. The number of aliphatic hydroxyl groups excluding tert-OH is 1. The quantitative estimate of drug-likeness (QED) is 0.899. The topological polar surface area (TPSA) is 49.8 Å². The number of halogens is 2. The Labute approximate surface area is 119 Å². The maximum absolute atomic E-state index is 13.7. The molecule has 0 bridgehead atoms. The number of amides is 1. The van der Waals surface area contributed by atoms with Crippen LogP contribution in [-0.2, 0) is 4.74 Å². The lowest BCUT2D eigenvalue weighted by Gasteiger charge is -2.37. The summed E-state index contributed by atoms with van der Waals surface area (Å²) < 4.78 is 19.7. The first-order valence-corrected chi connectivity index (χ1v) is 6.80. The van der Waals surface area contributed by atoms with Crippen molar-refractivity contribution >= 4 is 21.8 Å². The molecule has 4 nitrogen and oxygen atoms in total. The molecule has 1 aromatic rings. The van der Waals surface area contributed by atoms with Crippen LogP contribution in [0.15, 0.2) is 22.7 Å². The van der Waals surface area contributed by atoms with Gasteiger partial charge in [0.1, 0.15) is 5.82 Å². The van der Waals surface area contributed by atoms with Crippen LogP contribution in [0, 0.1) is 5.82 Å². The van der Waals surface area contributed by atoms with Gasteiger partial charge in [-0.05, 0) is 25.1 Å². The van der Waals surface area contributed by atoms with E-state index in [0.717, 1.165) is 0 Å². The van der Waals surface area contributed by atoms with Gasteiger partial charge in [-0.3, -0.25) is 4.79 Å². The van der Waals surface area contributed by atoms with E-state index >= 15 is 0 Å². The predicted octanol–water partition coefficient (Wildman–Crippen LogP) is 1.81. The van der Waals surface area contributed by atoms with Crippen LogP contribution in [0.25, 0.3) is 0 Å². The molecular weight excluding hydrogens is 317 g/mol. The smallest absolute Gasteiger partial charge is 0.257 e. The highest BCUT2D eigenvalue weighted by molar-refractivity contribution is 9.10. The highest BCUT2D eigenvalue weighted by Crippen LogP contribution is 2.20. The van der Waals surface area contributed by atoms with E-state index in [0.29, 0.717) is 11.1 Å². The van der Waals surface area contributed by atoms with E-state index in [-0.39, 0.29) is 30.7 Å². The number of nitrogens with zero attached hydrogens (tertiary/aromatic N) is 1. The van der Waals surface area contributed by atoms with Crippen LogP contribution in [0.3, 0.4) is 0 Å². The number of rotatable bonds is 2. The zero-order chi connectivity index (χ0) is 14.0. The fourth-order valence-corrected chi connectivity index (χ4v) is 2.39. The van der Waals surface area contributed by atoms with Gasteiger partial charge < -0.3 is 14.7 Å². The molecule has 1 aliphatic heterocycles. The first kappa shape index (κ1) is 14.4. The molecule has 1 N–H and O–H groups in total. The Kier molecular flexibility index (Phi) is 4.54. The Morgan fingerprint density at radius 2 is 2.37 bits per heavy atom. The third-order valence-electron chi connectivity index (χ3n) is 3.13. The zero-order valence-electron chi connectivity index (χ0n) is 10.5. The first-order valence-electron chi connectivity index (χ1n) is 6.01. The van der Waals surface area contributed by atoms with Crippen LogP contribution in [0.5, 0.6) is 0 Å². The van der Waals surface area contributed by atoms with E-state index < -0.39 is 11.9 Å². The number of ether oxygens (including phenoxy) is 1. The Balaban J connectivity index is 2.24. The molecule has 0 radical (unpaired) electrons. The molecule has 1 heterocycles. The van der Waals surface area contributed by atoms with Gasteiger partial charge in [-0.2, -0.15) is 0 Å². The van der Waals surface area contributed by atoms with Crippen LogP contribution in [0.2, 0.25) is 0 Å². The van der Waals surface area contributed by atoms with Crippen LogP contribution in [-0.4, -0.2) is 47.8 Å². The third kappa shape index (κ3) is 3.13. The second-order valence-corrected chi connectivity index (χ2v) is 5.48. The summed E-state index contributed by atoms with van der Waals surface area (Å²) >= 11 is 3.23. The van der Waals surface area contributed by atoms with Crippen molar-refractivity contribution in [3.63, 3.8) is 0 Å². The van der Waals surface area contributed by atoms with E-state index in [1.165, 1.54) is 17.0 Å². The number of benzene rings is 1. The van der Waals surface area contributed by atoms with Gasteiger partial charge in [0, 0.05) is 11.0 Å². The van der Waals surface area contributed by atoms with Gasteiger partial charge >= 0.3 is 0 Å². The zero-order valence-corrected chi connectivity index (χ0v) is 12.1. The SMILES string of the molecule is CC1COC(CO)CN1C(=O)c1cc(Br)ccc1F. The van der Waals surface area contributed by atoms with Crippen molar-refractivity contribution in [3.05, 3.63) is 34.1 Å². The molecule has 2 rings (SSSR count). The normalized spacial score (nSPS) is 23.5. The van der Waals surface area contributed by atoms with Gasteiger partial charge in [0.25, 0.3) is 5.91 Å².